The van der Waals surface area contributed by atoms with E-state index in [2.05, 4.69) is 5.32 Å². The van der Waals surface area contributed by atoms with Crippen molar-refractivity contribution in [2.24, 2.45) is 0 Å². The van der Waals surface area contributed by atoms with Gasteiger partial charge >= 0.3 is 0 Å². The minimum Gasteiger partial charge on any atom is -0.321 e. The lowest BCUT2D eigenvalue weighted by molar-refractivity contribution is 0.102. The van der Waals surface area contributed by atoms with Crippen LogP contribution in [-0.2, 0) is 10.0 Å². The van der Waals surface area contributed by atoms with Gasteiger partial charge in [0, 0.05) is 12.6 Å². The molecule has 8 heteroatoms. The van der Waals surface area contributed by atoms with Crippen LogP contribution in [0.5, 0.6) is 0 Å². The summed E-state index contributed by atoms with van der Waals surface area (Å²) in [4.78, 5) is 12.7. The van der Waals surface area contributed by atoms with Crippen LogP contribution in [0, 0.1) is 6.92 Å². The maximum Gasteiger partial charge on any atom is 0.264 e. The quantitative estimate of drug-likeness (QED) is 0.569. The van der Waals surface area contributed by atoms with Crippen molar-refractivity contribution >= 4 is 50.5 Å². The monoisotopic (exact) mass is 448 g/mol. The standard InChI is InChI=1S/C21H18Cl2N2O3S/c1-14-6-12-17(13-7-14)29(27,28)25(2)16-10-8-15(9-11-16)21(26)24-19-5-3-4-18(22)20(19)23/h3-13H,1-2H3,(H,24,26). The molecule has 1 N–H and O–H groups in total. The van der Waals surface area contributed by atoms with Gasteiger partial charge in [0.05, 0.1) is 26.3 Å². The van der Waals surface area contributed by atoms with Gasteiger partial charge in [-0.2, -0.15) is 0 Å². The summed E-state index contributed by atoms with van der Waals surface area (Å²) in [5.74, 6) is -0.384. The van der Waals surface area contributed by atoms with Crippen molar-refractivity contribution in [2.45, 2.75) is 11.8 Å². The summed E-state index contributed by atoms with van der Waals surface area (Å²) in [6.45, 7) is 1.89. The van der Waals surface area contributed by atoms with E-state index in [9.17, 15) is 13.2 Å². The van der Waals surface area contributed by atoms with E-state index in [1.54, 1.807) is 66.7 Å². The Labute approximate surface area is 179 Å². The van der Waals surface area contributed by atoms with Crippen LogP contribution >= 0.6 is 23.2 Å². The maximum atomic E-state index is 12.8. The molecule has 0 aromatic heterocycles. The first-order valence-corrected chi connectivity index (χ1v) is 10.8. The van der Waals surface area contributed by atoms with Crippen molar-refractivity contribution in [1.82, 2.24) is 0 Å². The highest BCUT2D eigenvalue weighted by Crippen LogP contribution is 2.30. The van der Waals surface area contributed by atoms with Gasteiger partial charge in [0.1, 0.15) is 0 Å². The number of anilines is 2. The minimum absolute atomic E-state index is 0.197. The van der Waals surface area contributed by atoms with E-state index in [-0.39, 0.29) is 15.8 Å². The van der Waals surface area contributed by atoms with E-state index in [1.807, 2.05) is 6.92 Å². The number of carbonyl (C=O) groups is 1. The lowest BCUT2D eigenvalue weighted by Gasteiger charge is -2.20. The second kappa shape index (κ2) is 8.45. The molecule has 29 heavy (non-hydrogen) atoms. The largest absolute Gasteiger partial charge is 0.321 e. The average molecular weight is 449 g/mol. The third-order valence-electron chi connectivity index (χ3n) is 4.37. The third kappa shape index (κ3) is 4.56. The molecule has 0 aliphatic carbocycles. The number of amides is 1. The predicted octanol–water partition coefficient (Wildman–Crippen LogP) is 5.38. The molecule has 0 aliphatic rings. The van der Waals surface area contributed by atoms with Crippen molar-refractivity contribution < 1.29 is 13.2 Å². The summed E-state index contributed by atoms with van der Waals surface area (Å²) in [5, 5.41) is 3.28. The Morgan fingerprint density at radius 3 is 2.17 bits per heavy atom. The summed E-state index contributed by atoms with van der Waals surface area (Å²) in [5.41, 5.74) is 2.16. The van der Waals surface area contributed by atoms with Crippen LogP contribution in [0.15, 0.2) is 71.6 Å². The Balaban J connectivity index is 1.79. The second-order valence-corrected chi connectivity index (χ2v) is 9.14. The fourth-order valence-electron chi connectivity index (χ4n) is 2.62. The molecule has 0 saturated carbocycles. The zero-order valence-corrected chi connectivity index (χ0v) is 18.0. The van der Waals surface area contributed by atoms with Crippen molar-refractivity contribution in [3.8, 4) is 0 Å². The number of nitrogens with one attached hydrogen (secondary N) is 1. The summed E-state index contributed by atoms with van der Waals surface area (Å²) >= 11 is 12.0. The number of hydrogen-bond acceptors (Lipinski definition) is 3. The molecule has 0 bridgehead atoms. The zero-order valence-electron chi connectivity index (χ0n) is 15.7. The molecular weight excluding hydrogens is 431 g/mol. The molecule has 0 fully saturated rings. The van der Waals surface area contributed by atoms with Gasteiger partial charge in [-0.15, -0.1) is 0 Å². The molecule has 0 saturated heterocycles. The Morgan fingerprint density at radius 1 is 0.931 bits per heavy atom. The highest BCUT2D eigenvalue weighted by Gasteiger charge is 2.21. The van der Waals surface area contributed by atoms with Crippen molar-refractivity contribution in [2.75, 3.05) is 16.7 Å². The number of benzene rings is 3. The molecule has 3 aromatic rings. The van der Waals surface area contributed by atoms with Gasteiger partial charge in [0.2, 0.25) is 0 Å². The van der Waals surface area contributed by atoms with Gasteiger partial charge in [-0.25, -0.2) is 8.42 Å². The van der Waals surface area contributed by atoms with Crippen molar-refractivity contribution in [3.05, 3.63) is 87.9 Å². The highest BCUT2D eigenvalue weighted by molar-refractivity contribution is 7.92. The Bertz CT molecular complexity index is 1150. The molecule has 0 spiro atoms. The summed E-state index contributed by atoms with van der Waals surface area (Å²) in [7, 11) is -2.23. The van der Waals surface area contributed by atoms with E-state index >= 15 is 0 Å². The number of sulfonamides is 1. The van der Waals surface area contributed by atoms with Gasteiger partial charge in [-0.05, 0) is 55.5 Å². The second-order valence-electron chi connectivity index (χ2n) is 6.39. The fraction of sp³-hybridized carbons (Fsp3) is 0.0952. The topological polar surface area (TPSA) is 66.5 Å². The number of carbonyl (C=O) groups excluding carboxylic acids is 1. The number of nitrogens with zero attached hydrogens (tertiary/aromatic N) is 1. The molecule has 0 aliphatic heterocycles. The van der Waals surface area contributed by atoms with Gasteiger partial charge < -0.3 is 5.32 Å². The molecule has 150 valence electrons. The number of halogens is 2. The summed E-state index contributed by atoms with van der Waals surface area (Å²) < 4.78 is 26.8. The molecule has 0 unspecified atom stereocenters. The van der Waals surface area contributed by atoms with Crippen LogP contribution in [-0.4, -0.2) is 21.4 Å². The van der Waals surface area contributed by atoms with Crippen LogP contribution in [0.1, 0.15) is 15.9 Å². The van der Waals surface area contributed by atoms with E-state index in [4.69, 9.17) is 23.2 Å². The van der Waals surface area contributed by atoms with Gasteiger partial charge in [0.25, 0.3) is 15.9 Å². The van der Waals surface area contributed by atoms with Gasteiger partial charge in [-0.3, -0.25) is 9.10 Å². The molecule has 3 rings (SSSR count). The molecule has 0 radical (unpaired) electrons. The maximum absolute atomic E-state index is 12.8. The number of rotatable bonds is 5. The Morgan fingerprint density at radius 2 is 1.55 bits per heavy atom. The molecular formula is C21H18Cl2N2O3S. The normalized spacial score (nSPS) is 11.2. The average Bonchev–Trinajstić information content (AvgIpc) is 2.71. The first-order chi connectivity index (χ1) is 13.7. The van der Waals surface area contributed by atoms with E-state index in [0.29, 0.717) is 22.0 Å². The molecule has 0 atom stereocenters. The molecule has 5 nitrogen and oxygen atoms in total. The SMILES string of the molecule is Cc1ccc(S(=O)(=O)N(C)c2ccc(C(=O)Nc3cccc(Cl)c3Cl)cc2)cc1. The van der Waals surface area contributed by atoms with E-state index in [1.165, 1.54) is 11.4 Å². The van der Waals surface area contributed by atoms with Gasteiger partial charge in [-0.1, -0.05) is 47.0 Å². The van der Waals surface area contributed by atoms with E-state index < -0.39 is 10.0 Å². The Hall–Kier alpha value is -2.54. The fourth-order valence-corrected chi connectivity index (χ4v) is 4.17. The third-order valence-corrected chi connectivity index (χ3v) is 6.99. The van der Waals surface area contributed by atoms with Crippen molar-refractivity contribution in [1.29, 1.82) is 0 Å². The minimum atomic E-state index is -3.70. The number of aryl methyl sites for hydroxylation is 1. The van der Waals surface area contributed by atoms with E-state index in [0.717, 1.165) is 5.56 Å². The first kappa shape index (κ1) is 21.2. The lowest BCUT2D eigenvalue weighted by Crippen LogP contribution is -2.26. The zero-order chi connectivity index (χ0) is 21.2. The van der Waals surface area contributed by atoms with Crippen LogP contribution in [0.25, 0.3) is 0 Å². The van der Waals surface area contributed by atoms with Crippen LogP contribution < -0.4 is 9.62 Å². The predicted molar refractivity (Wildman–Crippen MR) is 118 cm³/mol. The van der Waals surface area contributed by atoms with Gasteiger partial charge in [0.15, 0.2) is 0 Å². The van der Waals surface area contributed by atoms with Crippen molar-refractivity contribution in [3.63, 3.8) is 0 Å². The number of hydrogen-bond donors (Lipinski definition) is 1. The van der Waals surface area contributed by atoms with Crippen LogP contribution in [0.2, 0.25) is 10.0 Å². The van der Waals surface area contributed by atoms with Crippen LogP contribution in [0.4, 0.5) is 11.4 Å². The lowest BCUT2D eigenvalue weighted by atomic mass is 10.2. The highest BCUT2D eigenvalue weighted by atomic mass is 35.5. The Kier molecular flexibility index (Phi) is 6.17. The first-order valence-electron chi connectivity index (χ1n) is 8.61. The molecule has 3 aromatic carbocycles. The summed E-state index contributed by atoms with van der Waals surface area (Å²) in [6.07, 6.45) is 0. The molecule has 0 heterocycles. The smallest absolute Gasteiger partial charge is 0.264 e. The molecule has 1 amide bonds. The summed E-state index contributed by atoms with van der Waals surface area (Å²) in [6, 6.07) is 17.8. The van der Waals surface area contributed by atoms with Crippen LogP contribution in [0.3, 0.4) is 0 Å².